The predicted molar refractivity (Wildman–Crippen MR) is 132 cm³/mol. The Morgan fingerprint density at radius 2 is 0.633 bits per heavy atom. The lowest BCUT2D eigenvalue weighted by molar-refractivity contribution is 0.439. The molecule has 10 heteroatoms. The van der Waals surface area contributed by atoms with Gasteiger partial charge in [-0.15, -0.1) is 0 Å². The number of hydrogen-bond acceptors (Lipinski definition) is 6. The van der Waals surface area contributed by atoms with Crippen molar-refractivity contribution in [2.24, 2.45) is 0 Å². The van der Waals surface area contributed by atoms with Crippen LogP contribution in [0.2, 0.25) is 33.2 Å². The maximum atomic E-state index is 12.9. The van der Waals surface area contributed by atoms with Crippen LogP contribution in [-0.2, 0) is 28.0 Å². The fourth-order valence-corrected chi connectivity index (χ4v) is 23.7. The molecule has 6 nitrogen and oxygen atoms in total. The van der Waals surface area contributed by atoms with Crippen molar-refractivity contribution in [2.75, 3.05) is 11.5 Å². The summed E-state index contributed by atoms with van der Waals surface area (Å²) < 4.78 is 63.3. The first-order valence-corrected chi connectivity index (χ1v) is 18.6. The van der Waals surface area contributed by atoms with Crippen LogP contribution >= 0.6 is 0 Å². The molecule has 0 radical (unpaired) electrons. The lowest BCUT2D eigenvalue weighted by Crippen LogP contribution is -2.51. The highest BCUT2D eigenvalue weighted by Gasteiger charge is 2.50. The molecule has 0 aliphatic carbocycles. The average molecular weight is 503 g/mol. The van der Waals surface area contributed by atoms with E-state index in [1.54, 1.807) is 0 Å². The van der Waals surface area contributed by atoms with Crippen LogP contribution in [0.4, 0.5) is 0 Å². The molecule has 0 fully saturated rings. The highest BCUT2D eigenvalue weighted by atomic mass is 32.2. The topological polar surface area (TPSA) is 86.7 Å². The van der Waals surface area contributed by atoms with Gasteiger partial charge in [0.2, 0.25) is 16.6 Å². The first-order chi connectivity index (χ1) is 13.3. The van der Waals surface area contributed by atoms with Gasteiger partial charge in [0.25, 0.3) is 20.2 Å². The van der Waals surface area contributed by atoms with Crippen LogP contribution < -0.4 is 0 Å². The minimum Gasteiger partial charge on any atom is -0.314 e. The van der Waals surface area contributed by atoms with Crippen molar-refractivity contribution in [2.45, 2.75) is 116 Å². The van der Waals surface area contributed by atoms with E-state index in [9.17, 15) is 16.8 Å². The summed E-state index contributed by atoms with van der Waals surface area (Å²) in [4.78, 5) is 0. The Bertz CT molecular complexity index is 634. The van der Waals surface area contributed by atoms with Gasteiger partial charge in [0, 0.05) is 0 Å². The van der Waals surface area contributed by atoms with Crippen LogP contribution in [0.1, 0.15) is 83.1 Å². The van der Waals surface area contributed by atoms with Gasteiger partial charge in [-0.25, -0.2) is 16.8 Å². The Kier molecular flexibility index (Phi) is 11.0. The minimum atomic E-state index is -4.01. The molecular formula is C20H46O6S2Si2. The van der Waals surface area contributed by atoms with E-state index in [2.05, 4.69) is 0 Å². The molecule has 0 saturated heterocycles. The van der Waals surface area contributed by atoms with Gasteiger partial charge in [-0.1, -0.05) is 83.1 Å². The zero-order valence-corrected chi connectivity index (χ0v) is 24.8. The summed E-state index contributed by atoms with van der Waals surface area (Å²) in [5, 5.41) is 0. The van der Waals surface area contributed by atoms with Gasteiger partial charge in [0.05, 0.1) is 11.5 Å². The second-order valence-corrected chi connectivity index (χ2v) is 25.0. The molecule has 182 valence electrons. The van der Waals surface area contributed by atoms with E-state index in [4.69, 9.17) is 7.74 Å². The number of rotatable bonds is 13. The summed E-state index contributed by atoms with van der Waals surface area (Å²) in [6, 6.07) is 0. The first kappa shape index (κ1) is 30.3. The highest BCUT2D eigenvalue weighted by molar-refractivity contribution is 7.91. The maximum absolute atomic E-state index is 12.9. The second-order valence-electron chi connectivity index (χ2n) is 10.3. The zero-order valence-electron chi connectivity index (χ0n) is 21.1. The lowest BCUT2D eigenvalue weighted by atomic mass is 10.5. The van der Waals surface area contributed by atoms with Gasteiger partial charge >= 0.3 is 0 Å². The van der Waals surface area contributed by atoms with Crippen molar-refractivity contribution >= 4 is 36.9 Å². The van der Waals surface area contributed by atoms with E-state index in [0.717, 1.165) is 0 Å². The average Bonchev–Trinajstić information content (AvgIpc) is 2.54. The van der Waals surface area contributed by atoms with Crippen LogP contribution in [-0.4, -0.2) is 45.0 Å². The fourth-order valence-electron chi connectivity index (χ4n) is 5.30. The smallest absolute Gasteiger partial charge is 0.258 e. The monoisotopic (exact) mass is 502 g/mol. The maximum Gasteiger partial charge on any atom is 0.258 e. The van der Waals surface area contributed by atoms with E-state index < -0.39 is 48.4 Å². The van der Waals surface area contributed by atoms with Gasteiger partial charge in [0.1, 0.15) is 0 Å². The Hall–Kier alpha value is 0.254. The van der Waals surface area contributed by atoms with Crippen molar-refractivity contribution in [3.8, 4) is 0 Å². The van der Waals surface area contributed by atoms with Gasteiger partial charge in [0.15, 0.2) is 0 Å². The zero-order chi connectivity index (χ0) is 24.3. The Morgan fingerprint density at radius 3 is 0.767 bits per heavy atom. The van der Waals surface area contributed by atoms with E-state index in [0.29, 0.717) is 0 Å². The molecular weight excluding hydrogens is 457 g/mol. The Morgan fingerprint density at radius 1 is 0.467 bits per heavy atom. The van der Waals surface area contributed by atoms with E-state index in [1.807, 2.05) is 83.1 Å². The van der Waals surface area contributed by atoms with Crippen molar-refractivity contribution in [3.63, 3.8) is 0 Å². The van der Waals surface area contributed by atoms with Crippen molar-refractivity contribution in [3.05, 3.63) is 0 Å². The second kappa shape index (κ2) is 10.9. The summed E-state index contributed by atoms with van der Waals surface area (Å²) in [7, 11) is -13.4. The van der Waals surface area contributed by atoms with Crippen LogP contribution in [0.3, 0.4) is 0 Å². The van der Waals surface area contributed by atoms with Crippen molar-refractivity contribution in [1.29, 1.82) is 0 Å². The molecule has 0 unspecified atom stereocenters. The molecule has 0 bridgehead atoms. The third-order valence-corrected chi connectivity index (χ3v) is 23.4. The third kappa shape index (κ3) is 6.87. The van der Waals surface area contributed by atoms with Gasteiger partial charge in [-0.2, -0.15) is 0 Å². The van der Waals surface area contributed by atoms with E-state index >= 15 is 0 Å². The van der Waals surface area contributed by atoms with Gasteiger partial charge < -0.3 is 7.74 Å². The fraction of sp³-hybridized carbons (Fsp3) is 1.00. The lowest BCUT2D eigenvalue weighted by Gasteiger charge is -2.41. The molecule has 0 aromatic rings. The molecule has 0 amide bonds. The van der Waals surface area contributed by atoms with Crippen molar-refractivity contribution < 1.29 is 24.6 Å². The molecule has 0 atom stereocenters. The third-order valence-electron chi connectivity index (χ3n) is 6.54. The van der Waals surface area contributed by atoms with Gasteiger partial charge in [-0.3, -0.25) is 0 Å². The van der Waals surface area contributed by atoms with Crippen LogP contribution in [0, 0.1) is 0 Å². The normalized spacial score (nSPS) is 14.9. The largest absolute Gasteiger partial charge is 0.314 e. The quantitative estimate of drug-likeness (QED) is 0.286. The molecule has 0 aliphatic rings. The molecule has 0 aromatic heterocycles. The summed E-state index contributed by atoms with van der Waals surface area (Å²) in [5.74, 6) is -1.15. The molecule has 0 heterocycles. The molecule has 0 aromatic carbocycles. The molecule has 0 N–H and O–H groups in total. The number of hydrogen-bond donors (Lipinski definition) is 0. The summed E-state index contributed by atoms with van der Waals surface area (Å²) in [5.41, 5.74) is 0.517. The molecule has 0 rings (SSSR count). The molecule has 30 heavy (non-hydrogen) atoms. The summed E-state index contributed by atoms with van der Waals surface area (Å²) in [6.45, 7) is 23.9. The first-order valence-electron chi connectivity index (χ1n) is 11.1. The summed E-state index contributed by atoms with van der Waals surface area (Å²) in [6.07, 6.45) is 0. The van der Waals surface area contributed by atoms with Crippen molar-refractivity contribution in [1.82, 2.24) is 0 Å². The standard InChI is InChI=1S/C20H46O6S2Si2/c1-15(2)29(16(3)4,17(5)6)25-27(21,22)13-14-28(23,24)26-30(18(7)8,19(9)10)20(11)12/h15-20H,13-14H2,1-12H3. The van der Waals surface area contributed by atoms with E-state index in [-0.39, 0.29) is 33.2 Å². The molecule has 0 aliphatic heterocycles. The van der Waals surface area contributed by atoms with Crippen LogP contribution in [0.15, 0.2) is 0 Å². The van der Waals surface area contributed by atoms with Gasteiger partial charge in [-0.05, 0) is 33.2 Å². The van der Waals surface area contributed by atoms with Crippen LogP contribution in [0.5, 0.6) is 0 Å². The van der Waals surface area contributed by atoms with Crippen LogP contribution in [0.25, 0.3) is 0 Å². The SMILES string of the molecule is CC(C)[Si](OS(=O)(=O)CCS(=O)(=O)O[Si](C(C)C)(C(C)C)C(C)C)(C(C)C)C(C)C. The Balaban J connectivity index is 5.74. The summed E-state index contributed by atoms with van der Waals surface area (Å²) >= 11 is 0. The van der Waals surface area contributed by atoms with E-state index in [1.165, 1.54) is 0 Å². The predicted octanol–water partition coefficient (Wildman–Crippen LogP) is 6.03. The molecule has 0 saturated carbocycles. The highest BCUT2D eigenvalue weighted by Crippen LogP contribution is 2.44. The Labute approximate surface area is 189 Å². The molecule has 0 spiro atoms. The minimum absolute atomic E-state index is 0.0861.